The van der Waals surface area contributed by atoms with E-state index in [4.69, 9.17) is 4.74 Å². The van der Waals surface area contributed by atoms with E-state index in [1.54, 1.807) is 6.07 Å². The lowest BCUT2D eigenvalue weighted by atomic mass is 10.00. The van der Waals surface area contributed by atoms with Gasteiger partial charge in [-0.25, -0.2) is 4.98 Å². The molecule has 4 aromatic rings. The van der Waals surface area contributed by atoms with Crippen LogP contribution in [0.25, 0.3) is 33.3 Å². The Hall–Kier alpha value is -4.15. The molecule has 1 aliphatic carbocycles. The third kappa shape index (κ3) is 4.25. The van der Waals surface area contributed by atoms with Crippen LogP contribution in [0.5, 0.6) is 5.75 Å². The number of aromatic amines is 1. The van der Waals surface area contributed by atoms with Gasteiger partial charge in [-0.2, -0.15) is 5.26 Å². The Labute approximate surface area is 203 Å². The number of nitrogens with one attached hydrogen (secondary N) is 2. The molecular weight excluding hydrogens is 438 g/mol. The fourth-order valence-corrected chi connectivity index (χ4v) is 4.60. The molecule has 0 atom stereocenters. The minimum absolute atomic E-state index is 0.0144. The van der Waals surface area contributed by atoms with Crippen molar-refractivity contribution in [2.24, 2.45) is 0 Å². The number of hydrogen-bond donors (Lipinski definition) is 2. The average Bonchev–Trinajstić information content (AvgIpc) is 3.65. The molecule has 1 aliphatic heterocycles. The van der Waals surface area contributed by atoms with Crippen LogP contribution in [0.2, 0.25) is 0 Å². The minimum Gasteiger partial charge on any atom is -0.491 e. The van der Waals surface area contributed by atoms with Gasteiger partial charge < -0.3 is 19.9 Å². The van der Waals surface area contributed by atoms with Crippen molar-refractivity contribution in [2.75, 3.05) is 26.2 Å². The zero-order chi connectivity index (χ0) is 23.8. The molecule has 0 spiro atoms. The van der Waals surface area contributed by atoms with Gasteiger partial charge in [0.05, 0.1) is 23.7 Å². The lowest BCUT2D eigenvalue weighted by Gasteiger charge is -2.20. The van der Waals surface area contributed by atoms with Crippen molar-refractivity contribution in [3.05, 3.63) is 72.1 Å². The van der Waals surface area contributed by atoms with Gasteiger partial charge in [-0.05, 0) is 54.3 Å². The molecule has 2 aliphatic rings. The van der Waals surface area contributed by atoms with Gasteiger partial charge in [0, 0.05) is 48.0 Å². The minimum atomic E-state index is 0.0144. The van der Waals surface area contributed by atoms with Crippen LogP contribution in [0.1, 0.15) is 28.8 Å². The summed E-state index contributed by atoms with van der Waals surface area (Å²) in [6.07, 6.45) is 6.22. The molecule has 6 rings (SSSR count). The maximum Gasteiger partial charge on any atom is 0.257 e. The van der Waals surface area contributed by atoms with Gasteiger partial charge in [0.25, 0.3) is 5.91 Å². The van der Waals surface area contributed by atoms with E-state index in [0.29, 0.717) is 42.6 Å². The molecule has 1 amide bonds. The zero-order valence-corrected chi connectivity index (χ0v) is 19.3. The Morgan fingerprint density at radius 1 is 1.11 bits per heavy atom. The smallest absolute Gasteiger partial charge is 0.257 e. The summed E-state index contributed by atoms with van der Waals surface area (Å²) in [5, 5.41) is 13.7. The number of H-pyrrole nitrogens is 1. The summed E-state index contributed by atoms with van der Waals surface area (Å²) >= 11 is 0. The van der Waals surface area contributed by atoms with Gasteiger partial charge in [0.1, 0.15) is 18.0 Å². The molecule has 7 heteroatoms. The Bertz CT molecular complexity index is 1460. The predicted molar refractivity (Wildman–Crippen MR) is 134 cm³/mol. The van der Waals surface area contributed by atoms with Crippen molar-refractivity contribution in [1.82, 2.24) is 20.2 Å². The first-order valence-electron chi connectivity index (χ1n) is 12.0. The molecule has 0 saturated heterocycles. The van der Waals surface area contributed by atoms with Crippen LogP contribution in [0.15, 0.2) is 60.9 Å². The molecule has 1 saturated carbocycles. The first-order valence-corrected chi connectivity index (χ1v) is 12.0. The van der Waals surface area contributed by atoms with Crippen LogP contribution < -0.4 is 10.1 Å². The Balaban J connectivity index is 1.30. The molecule has 0 radical (unpaired) electrons. The summed E-state index contributed by atoms with van der Waals surface area (Å²) in [4.78, 5) is 22.9. The highest BCUT2D eigenvalue weighted by atomic mass is 16.5. The predicted octanol–water partition coefficient (Wildman–Crippen LogP) is 4.36. The zero-order valence-electron chi connectivity index (χ0n) is 19.3. The van der Waals surface area contributed by atoms with Crippen LogP contribution in [0.3, 0.4) is 0 Å². The van der Waals surface area contributed by atoms with E-state index in [-0.39, 0.29) is 5.91 Å². The first-order chi connectivity index (χ1) is 17.2. The highest BCUT2D eigenvalue weighted by Gasteiger charge is 2.25. The number of amides is 1. The van der Waals surface area contributed by atoms with E-state index in [1.165, 1.54) is 12.8 Å². The molecule has 0 bridgehead atoms. The fourth-order valence-electron chi connectivity index (χ4n) is 4.60. The van der Waals surface area contributed by atoms with Gasteiger partial charge in [0.2, 0.25) is 0 Å². The summed E-state index contributed by atoms with van der Waals surface area (Å²) in [7, 11) is 0. The van der Waals surface area contributed by atoms with E-state index in [1.807, 2.05) is 53.7 Å². The monoisotopic (exact) mass is 463 g/mol. The third-order valence-corrected chi connectivity index (χ3v) is 6.68. The van der Waals surface area contributed by atoms with Crippen molar-refractivity contribution in [3.8, 4) is 34.1 Å². The summed E-state index contributed by atoms with van der Waals surface area (Å²) in [6.45, 7) is 2.55. The number of fused-ring (bicyclic) bond motifs is 2. The van der Waals surface area contributed by atoms with Crippen LogP contribution in [-0.4, -0.2) is 53.1 Å². The number of ether oxygens (including phenoxy) is 1. The molecule has 2 aromatic carbocycles. The second-order valence-electron chi connectivity index (χ2n) is 9.10. The molecular formula is C28H25N5O2. The van der Waals surface area contributed by atoms with Crippen LogP contribution in [-0.2, 0) is 0 Å². The van der Waals surface area contributed by atoms with Crippen LogP contribution >= 0.6 is 0 Å². The van der Waals surface area contributed by atoms with Gasteiger partial charge in [-0.1, -0.05) is 18.2 Å². The van der Waals surface area contributed by atoms with E-state index in [0.717, 1.165) is 39.8 Å². The highest BCUT2D eigenvalue weighted by molar-refractivity contribution is 5.99. The van der Waals surface area contributed by atoms with E-state index in [9.17, 15) is 10.1 Å². The summed E-state index contributed by atoms with van der Waals surface area (Å²) < 4.78 is 6.00. The molecule has 2 aromatic heterocycles. The van der Waals surface area contributed by atoms with Gasteiger partial charge in [-0.3, -0.25) is 4.79 Å². The molecule has 1 fully saturated rings. The maximum absolute atomic E-state index is 13.1. The average molecular weight is 464 g/mol. The van der Waals surface area contributed by atoms with Crippen molar-refractivity contribution in [1.29, 1.82) is 5.26 Å². The SMILES string of the molecule is N#Cc1cccc(-c2c[nH]c3ncc(-c4ccc5c(c4)OCCN(CCNC4CC4)C5=O)cc23)c1. The lowest BCUT2D eigenvalue weighted by Crippen LogP contribution is -2.38. The van der Waals surface area contributed by atoms with Crippen molar-refractivity contribution >= 4 is 16.9 Å². The summed E-state index contributed by atoms with van der Waals surface area (Å²) in [5.41, 5.74) is 5.82. The van der Waals surface area contributed by atoms with Crippen LogP contribution in [0.4, 0.5) is 0 Å². The third-order valence-electron chi connectivity index (χ3n) is 6.68. The van der Waals surface area contributed by atoms with Crippen molar-refractivity contribution < 1.29 is 9.53 Å². The number of aromatic nitrogens is 2. The number of carbonyl (C=O) groups is 1. The maximum atomic E-state index is 13.1. The van der Waals surface area contributed by atoms with E-state index >= 15 is 0 Å². The molecule has 3 heterocycles. The fraction of sp³-hybridized carbons (Fsp3) is 0.250. The van der Waals surface area contributed by atoms with Crippen molar-refractivity contribution in [2.45, 2.75) is 18.9 Å². The standard InChI is InChI=1S/C28H25N5O2/c29-15-18-2-1-3-20(12-18)25-17-32-27-24(25)13-21(16-31-27)19-4-7-23-26(14-19)35-11-10-33(28(23)34)9-8-30-22-5-6-22/h1-4,7,12-14,16-17,22,30H,5-6,8-11H2,(H,31,32). The van der Waals surface area contributed by atoms with Gasteiger partial charge in [0.15, 0.2) is 0 Å². The summed E-state index contributed by atoms with van der Waals surface area (Å²) in [6, 6.07) is 18.2. The number of benzene rings is 2. The molecule has 0 unspecified atom stereocenters. The molecule has 2 N–H and O–H groups in total. The Morgan fingerprint density at radius 3 is 2.89 bits per heavy atom. The Morgan fingerprint density at radius 2 is 2.03 bits per heavy atom. The largest absolute Gasteiger partial charge is 0.491 e. The lowest BCUT2D eigenvalue weighted by molar-refractivity contribution is 0.0757. The number of hydrogen-bond acceptors (Lipinski definition) is 5. The topological polar surface area (TPSA) is 94.0 Å². The van der Waals surface area contributed by atoms with Crippen LogP contribution in [0, 0.1) is 11.3 Å². The van der Waals surface area contributed by atoms with E-state index in [2.05, 4.69) is 27.4 Å². The molecule has 35 heavy (non-hydrogen) atoms. The number of rotatable bonds is 6. The van der Waals surface area contributed by atoms with Gasteiger partial charge >= 0.3 is 0 Å². The highest BCUT2D eigenvalue weighted by Crippen LogP contribution is 2.34. The molecule has 7 nitrogen and oxygen atoms in total. The number of carbonyl (C=O) groups excluding carboxylic acids is 1. The van der Waals surface area contributed by atoms with Crippen molar-refractivity contribution in [3.63, 3.8) is 0 Å². The normalized spacial score (nSPS) is 15.4. The Kier molecular flexibility index (Phi) is 5.44. The second kappa shape index (κ2) is 8.90. The molecule has 174 valence electrons. The first kappa shape index (κ1) is 21.4. The quantitative estimate of drug-likeness (QED) is 0.443. The summed E-state index contributed by atoms with van der Waals surface area (Å²) in [5.74, 6) is 0.627. The van der Waals surface area contributed by atoms with Gasteiger partial charge in [-0.15, -0.1) is 0 Å². The van der Waals surface area contributed by atoms with E-state index < -0.39 is 0 Å². The second-order valence-corrected chi connectivity index (χ2v) is 9.10. The number of nitrogens with zero attached hydrogens (tertiary/aromatic N) is 3. The number of nitriles is 1. The number of pyridine rings is 1.